The van der Waals surface area contributed by atoms with E-state index < -0.39 is 10.0 Å². The van der Waals surface area contributed by atoms with E-state index in [9.17, 15) is 18.0 Å². The highest BCUT2D eigenvalue weighted by molar-refractivity contribution is 7.89. The highest BCUT2D eigenvalue weighted by Crippen LogP contribution is 2.33. The monoisotopic (exact) mass is 461 g/mol. The quantitative estimate of drug-likeness (QED) is 0.686. The van der Waals surface area contributed by atoms with Gasteiger partial charge in [0.25, 0.3) is 5.91 Å². The van der Waals surface area contributed by atoms with E-state index in [0.717, 1.165) is 12.8 Å². The van der Waals surface area contributed by atoms with Crippen LogP contribution in [0.3, 0.4) is 0 Å². The van der Waals surface area contributed by atoms with Gasteiger partial charge in [-0.3, -0.25) is 9.59 Å². The molecule has 0 bridgehead atoms. The van der Waals surface area contributed by atoms with Crippen molar-refractivity contribution in [3.05, 3.63) is 59.1 Å². The summed E-state index contributed by atoms with van der Waals surface area (Å²) < 4.78 is 27.2. The third kappa shape index (κ3) is 4.33. The van der Waals surface area contributed by atoms with Crippen LogP contribution in [0, 0.1) is 5.92 Å². The average Bonchev–Trinajstić information content (AvgIpc) is 3.63. The number of carbonyl (C=O) groups excluding carboxylic acids is 2. The number of carbonyl (C=O) groups is 2. The molecule has 9 heteroatoms. The molecule has 2 amide bonds. The summed E-state index contributed by atoms with van der Waals surface area (Å²) in [6, 6.07) is 13.4. The first kappa shape index (κ1) is 21.8. The number of nitrogens with zero attached hydrogens (tertiary/aromatic N) is 3. The van der Waals surface area contributed by atoms with Crippen molar-refractivity contribution in [2.24, 2.45) is 5.92 Å². The van der Waals surface area contributed by atoms with Gasteiger partial charge in [-0.05, 0) is 37.1 Å². The van der Waals surface area contributed by atoms with E-state index in [1.807, 2.05) is 0 Å². The number of para-hydroxylation sites is 1. The van der Waals surface area contributed by atoms with Gasteiger partial charge in [-0.2, -0.15) is 4.31 Å². The summed E-state index contributed by atoms with van der Waals surface area (Å²) in [5, 5.41) is 0.179. The Morgan fingerprint density at radius 1 is 0.968 bits per heavy atom. The Kier molecular flexibility index (Phi) is 6.05. The van der Waals surface area contributed by atoms with E-state index >= 15 is 0 Å². The van der Waals surface area contributed by atoms with Crippen molar-refractivity contribution < 1.29 is 18.0 Å². The van der Waals surface area contributed by atoms with E-state index in [0.29, 0.717) is 11.3 Å². The molecule has 1 heterocycles. The summed E-state index contributed by atoms with van der Waals surface area (Å²) >= 11 is 6.08. The maximum atomic E-state index is 13.2. The van der Waals surface area contributed by atoms with Crippen molar-refractivity contribution in [1.82, 2.24) is 9.21 Å². The molecule has 0 spiro atoms. The van der Waals surface area contributed by atoms with Gasteiger partial charge in [0.15, 0.2) is 0 Å². The van der Waals surface area contributed by atoms with Crippen LogP contribution in [0.25, 0.3) is 0 Å². The van der Waals surface area contributed by atoms with Crippen LogP contribution < -0.4 is 4.90 Å². The van der Waals surface area contributed by atoms with Crippen LogP contribution in [0.5, 0.6) is 0 Å². The zero-order valence-electron chi connectivity index (χ0n) is 17.2. The normalized spacial score (nSPS) is 17.4. The Bertz CT molecular complexity index is 1110. The number of halogens is 1. The highest BCUT2D eigenvalue weighted by Gasteiger charge is 2.35. The molecule has 7 nitrogen and oxygen atoms in total. The van der Waals surface area contributed by atoms with E-state index in [2.05, 4.69) is 0 Å². The summed E-state index contributed by atoms with van der Waals surface area (Å²) in [5.74, 6) is -0.136. The Balaban J connectivity index is 1.48. The molecule has 0 aromatic heterocycles. The second-order valence-corrected chi connectivity index (χ2v) is 10.1. The average molecular weight is 462 g/mol. The number of benzene rings is 2. The van der Waals surface area contributed by atoms with Crippen molar-refractivity contribution in [3.63, 3.8) is 0 Å². The van der Waals surface area contributed by atoms with E-state index in [1.54, 1.807) is 59.3 Å². The van der Waals surface area contributed by atoms with Crippen molar-refractivity contribution in [2.75, 3.05) is 38.1 Å². The molecule has 1 aliphatic heterocycles. The SMILES string of the molecule is CN(C(=O)C1CC1)c1ccccc1C(=O)N1CCN(S(=O)(=O)c2ccccc2Cl)CC1. The molecule has 4 rings (SSSR count). The molecule has 2 aromatic carbocycles. The van der Waals surface area contributed by atoms with Gasteiger partial charge < -0.3 is 9.80 Å². The van der Waals surface area contributed by atoms with Crippen LogP contribution in [0.1, 0.15) is 23.2 Å². The lowest BCUT2D eigenvalue weighted by atomic mass is 10.1. The second-order valence-electron chi connectivity index (χ2n) is 7.82. The molecule has 1 saturated carbocycles. The Morgan fingerprint density at radius 2 is 1.58 bits per heavy atom. The molecule has 2 aromatic rings. The lowest BCUT2D eigenvalue weighted by molar-refractivity contribution is -0.119. The molecule has 2 aliphatic rings. The van der Waals surface area contributed by atoms with Gasteiger partial charge in [-0.25, -0.2) is 8.42 Å². The maximum Gasteiger partial charge on any atom is 0.256 e. The lowest BCUT2D eigenvalue weighted by Gasteiger charge is -2.34. The predicted octanol–water partition coefficient (Wildman–Crippen LogP) is 2.86. The first-order valence-electron chi connectivity index (χ1n) is 10.2. The molecule has 0 unspecified atom stereocenters. The van der Waals surface area contributed by atoms with Gasteiger partial charge in [-0.1, -0.05) is 35.9 Å². The molecule has 0 N–H and O–H groups in total. The minimum atomic E-state index is -3.73. The fraction of sp³-hybridized carbons (Fsp3) is 0.364. The van der Waals surface area contributed by atoms with Gasteiger partial charge in [0.05, 0.1) is 16.3 Å². The second kappa shape index (κ2) is 8.61. The molecule has 0 radical (unpaired) electrons. The number of anilines is 1. The highest BCUT2D eigenvalue weighted by atomic mass is 35.5. The summed E-state index contributed by atoms with van der Waals surface area (Å²) in [6.07, 6.45) is 1.78. The van der Waals surface area contributed by atoms with Crippen molar-refractivity contribution >= 4 is 39.1 Å². The maximum absolute atomic E-state index is 13.2. The van der Waals surface area contributed by atoms with Crippen molar-refractivity contribution in [1.29, 1.82) is 0 Å². The summed E-state index contributed by atoms with van der Waals surface area (Å²) in [6.45, 7) is 0.880. The van der Waals surface area contributed by atoms with Gasteiger partial charge in [-0.15, -0.1) is 0 Å². The Hall–Kier alpha value is -2.42. The molecule has 2 fully saturated rings. The third-order valence-electron chi connectivity index (χ3n) is 5.73. The van der Waals surface area contributed by atoms with E-state index in [1.165, 1.54) is 10.4 Å². The molecule has 164 valence electrons. The van der Waals surface area contributed by atoms with Gasteiger partial charge in [0.2, 0.25) is 15.9 Å². The molecule has 0 atom stereocenters. The minimum Gasteiger partial charge on any atom is -0.336 e. The van der Waals surface area contributed by atoms with E-state index in [-0.39, 0.29) is 53.8 Å². The number of sulfonamides is 1. The number of amides is 2. The third-order valence-corrected chi connectivity index (χ3v) is 8.13. The smallest absolute Gasteiger partial charge is 0.256 e. The van der Waals surface area contributed by atoms with Crippen LogP contribution in [-0.2, 0) is 14.8 Å². The molecule has 1 aliphatic carbocycles. The molecule has 31 heavy (non-hydrogen) atoms. The predicted molar refractivity (Wildman–Crippen MR) is 119 cm³/mol. The number of hydrogen-bond acceptors (Lipinski definition) is 4. The van der Waals surface area contributed by atoms with Crippen LogP contribution >= 0.6 is 11.6 Å². The standard InChI is InChI=1S/C22H24ClN3O4S/c1-24(21(27)16-10-11-16)19-8-4-2-6-17(19)22(28)25-12-14-26(15-13-25)31(29,30)20-9-5-3-7-18(20)23/h2-9,16H,10-15H2,1H3. The van der Waals surface area contributed by atoms with Gasteiger partial charge >= 0.3 is 0 Å². The summed E-state index contributed by atoms with van der Waals surface area (Å²) in [5.41, 5.74) is 1.02. The van der Waals surface area contributed by atoms with Crippen molar-refractivity contribution in [3.8, 4) is 0 Å². The van der Waals surface area contributed by atoms with Crippen LogP contribution in [0.4, 0.5) is 5.69 Å². The Morgan fingerprint density at radius 3 is 2.23 bits per heavy atom. The first-order chi connectivity index (χ1) is 14.8. The molecule has 1 saturated heterocycles. The topological polar surface area (TPSA) is 78.0 Å². The fourth-order valence-electron chi connectivity index (χ4n) is 3.76. The van der Waals surface area contributed by atoms with Crippen LogP contribution in [0.15, 0.2) is 53.4 Å². The number of rotatable bonds is 5. The zero-order valence-corrected chi connectivity index (χ0v) is 18.8. The number of hydrogen-bond donors (Lipinski definition) is 0. The van der Waals surface area contributed by atoms with Crippen LogP contribution in [-0.4, -0.2) is 62.7 Å². The fourth-order valence-corrected chi connectivity index (χ4v) is 5.68. The van der Waals surface area contributed by atoms with Gasteiger partial charge in [0.1, 0.15) is 4.90 Å². The summed E-state index contributed by atoms with van der Waals surface area (Å²) in [4.78, 5) is 29.0. The minimum absolute atomic E-state index is 0.0240. The van der Waals surface area contributed by atoms with Crippen molar-refractivity contribution in [2.45, 2.75) is 17.7 Å². The number of piperazine rings is 1. The van der Waals surface area contributed by atoms with Crippen LogP contribution in [0.2, 0.25) is 5.02 Å². The van der Waals surface area contributed by atoms with Gasteiger partial charge in [0, 0.05) is 39.1 Å². The lowest BCUT2D eigenvalue weighted by Crippen LogP contribution is -2.50. The summed E-state index contributed by atoms with van der Waals surface area (Å²) in [7, 11) is -2.04. The zero-order chi connectivity index (χ0) is 22.2. The molecular weight excluding hydrogens is 438 g/mol. The Labute approximate surface area is 187 Å². The van der Waals surface area contributed by atoms with E-state index in [4.69, 9.17) is 11.6 Å². The first-order valence-corrected chi connectivity index (χ1v) is 12.0. The largest absolute Gasteiger partial charge is 0.336 e. The molecular formula is C22H24ClN3O4S.